The third-order valence-electron chi connectivity index (χ3n) is 3.05. The van der Waals surface area contributed by atoms with Gasteiger partial charge in [0.1, 0.15) is 0 Å². The van der Waals surface area contributed by atoms with Gasteiger partial charge < -0.3 is 20.7 Å². The van der Waals surface area contributed by atoms with Crippen LogP contribution in [0.2, 0.25) is 0 Å². The predicted molar refractivity (Wildman–Crippen MR) is 73.0 cm³/mol. The van der Waals surface area contributed by atoms with Gasteiger partial charge in [0, 0.05) is 12.6 Å². The van der Waals surface area contributed by atoms with Gasteiger partial charge in [-0.25, -0.2) is 4.79 Å². The monoisotopic (exact) mass is 285 g/mol. The van der Waals surface area contributed by atoms with E-state index in [9.17, 15) is 14.4 Å². The molecule has 20 heavy (non-hydrogen) atoms. The van der Waals surface area contributed by atoms with Gasteiger partial charge in [-0.3, -0.25) is 9.59 Å². The summed E-state index contributed by atoms with van der Waals surface area (Å²) < 4.78 is 4.85. The quantitative estimate of drug-likeness (QED) is 0.742. The molecule has 2 amide bonds. The Kier molecular flexibility index (Phi) is 5.94. The first-order valence-electron chi connectivity index (χ1n) is 6.85. The minimum atomic E-state index is -0.631. The van der Waals surface area contributed by atoms with Crippen LogP contribution in [-0.4, -0.2) is 54.0 Å². The summed E-state index contributed by atoms with van der Waals surface area (Å²) in [5.41, 5.74) is 5.56. The lowest BCUT2D eigenvalue weighted by molar-refractivity contribution is -0.139. The van der Waals surface area contributed by atoms with Crippen LogP contribution in [0.5, 0.6) is 0 Å². The van der Waals surface area contributed by atoms with Crippen LogP contribution in [0.25, 0.3) is 0 Å². The maximum absolute atomic E-state index is 12.0. The van der Waals surface area contributed by atoms with Crippen LogP contribution in [0.15, 0.2) is 0 Å². The van der Waals surface area contributed by atoms with Crippen molar-refractivity contribution in [2.45, 2.75) is 51.7 Å². The molecule has 1 heterocycles. The molecule has 2 atom stereocenters. The van der Waals surface area contributed by atoms with Gasteiger partial charge in [-0.2, -0.15) is 0 Å². The standard InChI is InChI=1S/C13H23N3O4/c1-8(2)15-13(19)20-7-11(17)10-5-4-6-16(10)12(18)9(3)14/h8-10H,4-7,14H2,1-3H3,(H,15,19)/t9-,10-/m0/s1. The van der Waals surface area contributed by atoms with Gasteiger partial charge >= 0.3 is 6.09 Å². The summed E-state index contributed by atoms with van der Waals surface area (Å²) in [5, 5.41) is 2.53. The molecule has 1 rings (SSSR count). The number of amides is 2. The van der Waals surface area contributed by atoms with Crippen molar-refractivity contribution >= 4 is 17.8 Å². The van der Waals surface area contributed by atoms with Crippen LogP contribution in [0.4, 0.5) is 4.79 Å². The van der Waals surface area contributed by atoms with Crippen molar-refractivity contribution in [1.29, 1.82) is 0 Å². The molecule has 1 aliphatic rings. The van der Waals surface area contributed by atoms with Crippen LogP contribution in [0.3, 0.4) is 0 Å². The fourth-order valence-corrected chi connectivity index (χ4v) is 2.14. The number of likely N-dealkylation sites (tertiary alicyclic amines) is 1. The Balaban J connectivity index is 2.50. The Morgan fingerprint density at radius 3 is 2.55 bits per heavy atom. The maximum Gasteiger partial charge on any atom is 0.407 e. The summed E-state index contributed by atoms with van der Waals surface area (Å²) in [5.74, 6) is -0.511. The highest BCUT2D eigenvalue weighted by Gasteiger charge is 2.35. The molecule has 0 aromatic carbocycles. The van der Waals surface area contributed by atoms with Crippen molar-refractivity contribution < 1.29 is 19.1 Å². The molecule has 114 valence electrons. The van der Waals surface area contributed by atoms with E-state index >= 15 is 0 Å². The molecule has 0 aromatic heterocycles. The van der Waals surface area contributed by atoms with Crippen LogP contribution in [0, 0.1) is 0 Å². The third kappa shape index (κ3) is 4.48. The first-order valence-corrected chi connectivity index (χ1v) is 6.85. The second-order valence-electron chi connectivity index (χ2n) is 5.32. The van der Waals surface area contributed by atoms with Gasteiger partial charge in [0.15, 0.2) is 12.4 Å². The Morgan fingerprint density at radius 1 is 1.35 bits per heavy atom. The maximum atomic E-state index is 12.0. The number of Topliss-reactive ketones (excluding diaryl/α,β-unsaturated/α-hetero) is 1. The first kappa shape index (κ1) is 16.4. The molecule has 7 heteroatoms. The molecular weight excluding hydrogens is 262 g/mol. The summed E-state index contributed by atoms with van der Waals surface area (Å²) in [6.45, 7) is 5.38. The second kappa shape index (κ2) is 7.23. The Morgan fingerprint density at radius 2 is 2.00 bits per heavy atom. The fraction of sp³-hybridized carbons (Fsp3) is 0.769. The minimum absolute atomic E-state index is 0.0553. The number of ether oxygens (including phenoxy) is 1. The lowest BCUT2D eigenvalue weighted by Crippen LogP contribution is -2.48. The molecule has 1 fully saturated rings. The molecular formula is C13H23N3O4. The molecule has 0 aromatic rings. The van der Waals surface area contributed by atoms with Crippen molar-refractivity contribution in [2.24, 2.45) is 5.73 Å². The number of hydrogen-bond acceptors (Lipinski definition) is 5. The molecule has 0 saturated carbocycles. The molecule has 7 nitrogen and oxygen atoms in total. The number of nitrogens with two attached hydrogens (primary N) is 1. The average Bonchev–Trinajstić information content (AvgIpc) is 2.83. The zero-order valence-corrected chi connectivity index (χ0v) is 12.2. The Labute approximate surface area is 118 Å². The van der Waals surface area contributed by atoms with Crippen LogP contribution < -0.4 is 11.1 Å². The molecule has 1 aliphatic heterocycles. The van der Waals surface area contributed by atoms with Crippen LogP contribution >= 0.6 is 0 Å². The van der Waals surface area contributed by atoms with Crippen molar-refractivity contribution in [2.75, 3.05) is 13.2 Å². The summed E-state index contributed by atoms with van der Waals surface area (Å²) in [6, 6.07) is -1.21. The largest absolute Gasteiger partial charge is 0.441 e. The number of rotatable bonds is 5. The van der Waals surface area contributed by atoms with E-state index in [-0.39, 0.29) is 24.3 Å². The van der Waals surface area contributed by atoms with Crippen molar-refractivity contribution in [3.8, 4) is 0 Å². The number of hydrogen-bond donors (Lipinski definition) is 2. The zero-order valence-electron chi connectivity index (χ0n) is 12.2. The van der Waals surface area contributed by atoms with Crippen LogP contribution in [-0.2, 0) is 14.3 Å². The van der Waals surface area contributed by atoms with E-state index in [0.717, 1.165) is 6.42 Å². The van der Waals surface area contributed by atoms with Gasteiger partial charge in [0.05, 0.1) is 12.1 Å². The molecule has 0 unspecified atom stereocenters. The normalized spacial score (nSPS) is 19.9. The summed E-state index contributed by atoms with van der Waals surface area (Å²) in [6.07, 6.45) is 0.718. The summed E-state index contributed by atoms with van der Waals surface area (Å²) in [7, 11) is 0. The minimum Gasteiger partial charge on any atom is -0.441 e. The van der Waals surface area contributed by atoms with Crippen LogP contribution in [0.1, 0.15) is 33.6 Å². The van der Waals surface area contributed by atoms with Crippen molar-refractivity contribution in [3.63, 3.8) is 0 Å². The van der Waals surface area contributed by atoms with Gasteiger partial charge in [-0.15, -0.1) is 0 Å². The third-order valence-corrected chi connectivity index (χ3v) is 3.05. The van der Waals surface area contributed by atoms with E-state index in [1.54, 1.807) is 20.8 Å². The second-order valence-corrected chi connectivity index (χ2v) is 5.32. The highest BCUT2D eigenvalue weighted by atomic mass is 16.6. The Bertz CT molecular complexity index is 382. The Hall–Kier alpha value is -1.63. The molecule has 0 aliphatic carbocycles. The van der Waals surface area contributed by atoms with E-state index in [0.29, 0.717) is 13.0 Å². The van der Waals surface area contributed by atoms with Gasteiger partial charge in [0.2, 0.25) is 5.91 Å². The number of alkyl carbamates (subject to hydrolysis) is 1. The van der Waals surface area contributed by atoms with Crippen molar-refractivity contribution in [3.05, 3.63) is 0 Å². The molecule has 0 bridgehead atoms. The van der Waals surface area contributed by atoms with E-state index in [4.69, 9.17) is 10.5 Å². The average molecular weight is 285 g/mol. The number of nitrogens with one attached hydrogen (secondary N) is 1. The number of carbonyl (C=O) groups excluding carboxylic acids is 3. The molecule has 1 saturated heterocycles. The SMILES string of the molecule is CC(C)NC(=O)OCC(=O)[C@@H]1CCCN1C(=O)[C@H](C)N. The highest BCUT2D eigenvalue weighted by Crippen LogP contribution is 2.19. The predicted octanol–water partition coefficient (Wildman–Crippen LogP) is 0.0283. The van der Waals surface area contributed by atoms with Gasteiger partial charge in [-0.05, 0) is 33.6 Å². The lowest BCUT2D eigenvalue weighted by Gasteiger charge is -2.25. The number of carbonyl (C=O) groups is 3. The van der Waals surface area contributed by atoms with E-state index < -0.39 is 18.2 Å². The number of nitrogens with zero attached hydrogens (tertiary/aromatic N) is 1. The van der Waals surface area contributed by atoms with E-state index in [1.165, 1.54) is 4.90 Å². The fourth-order valence-electron chi connectivity index (χ4n) is 2.14. The summed E-state index contributed by atoms with van der Waals surface area (Å²) in [4.78, 5) is 36.7. The summed E-state index contributed by atoms with van der Waals surface area (Å²) >= 11 is 0. The molecule has 0 spiro atoms. The van der Waals surface area contributed by atoms with E-state index in [2.05, 4.69) is 5.32 Å². The zero-order chi connectivity index (χ0) is 15.3. The van der Waals surface area contributed by atoms with Gasteiger partial charge in [-0.1, -0.05) is 0 Å². The topological polar surface area (TPSA) is 102 Å². The number of ketones is 1. The molecule has 0 radical (unpaired) electrons. The smallest absolute Gasteiger partial charge is 0.407 e. The van der Waals surface area contributed by atoms with Gasteiger partial charge in [0.25, 0.3) is 0 Å². The highest BCUT2D eigenvalue weighted by molar-refractivity contribution is 5.92. The lowest BCUT2D eigenvalue weighted by atomic mass is 10.1. The van der Waals surface area contributed by atoms with Crippen molar-refractivity contribution in [1.82, 2.24) is 10.2 Å². The molecule has 3 N–H and O–H groups in total. The first-order chi connectivity index (χ1) is 9.32. The van der Waals surface area contributed by atoms with E-state index in [1.807, 2.05) is 0 Å².